The number of hydrazine groups is 1. The summed E-state index contributed by atoms with van der Waals surface area (Å²) in [6.07, 6.45) is 6.18. The molecule has 190 valence electrons. The van der Waals surface area contributed by atoms with Gasteiger partial charge in [0.15, 0.2) is 0 Å². The van der Waals surface area contributed by atoms with Crippen molar-refractivity contribution in [2.75, 3.05) is 48.0 Å². The second kappa shape index (κ2) is 10.5. The van der Waals surface area contributed by atoms with Gasteiger partial charge >= 0.3 is 0 Å². The zero-order valence-corrected chi connectivity index (χ0v) is 21.7. The van der Waals surface area contributed by atoms with Crippen LogP contribution in [0.5, 0.6) is 5.75 Å². The van der Waals surface area contributed by atoms with Gasteiger partial charge in [0.05, 0.1) is 13.0 Å². The number of rotatable bonds is 9. The number of H-pyrrole nitrogens is 1. The van der Waals surface area contributed by atoms with Gasteiger partial charge in [-0.3, -0.25) is 14.7 Å². The van der Waals surface area contributed by atoms with Crippen LogP contribution in [0.4, 0.5) is 0 Å². The van der Waals surface area contributed by atoms with E-state index in [4.69, 9.17) is 9.47 Å². The normalized spacial score (nSPS) is 19.3. The quantitative estimate of drug-likeness (QED) is 0.365. The number of amides is 1. The Kier molecular flexibility index (Phi) is 7.14. The molecule has 2 aromatic carbocycles. The van der Waals surface area contributed by atoms with E-state index in [1.54, 1.807) is 14.2 Å². The number of aromatic nitrogens is 1. The number of likely N-dealkylation sites (N-methyl/N-ethyl adjacent to an activating group) is 1. The number of hydrogen-bond donors (Lipinski definition) is 1. The van der Waals surface area contributed by atoms with Crippen molar-refractivity contribution in [2.45, 2.75) is 25.4 Å². The molecule has 2 aliphatic rings. The number of ether oxygens (including phenoxy) is 2. The second-order valence-electron chi connectivity index (χ2n) is 9.87. The lowest BCUT2D eigenvalue weighted by Gasteiger charge is -2.41. The molecular formula is C29H36N4O3. The van der Waals surface area contributed by atoms with Crippen molar-refractivity contribution < 1.29 is 14.3 Å². The first-order valence-electron chi connectivity index (χ1n) is 12.7. The van der Waals surface area contributed by atoms with Crippen LogP contribution in [-0.2, 0) is 22.5 Å². The smallest absolute Gasteiger partial charge is 0.244 e. The Bertz CT molecular complexity index is 1250. The van der Waals surface area contributed by atoms with Crippen LogP contribution in [0.25, 0.3) is 16.5 Å². The van der Waals surface area contributed by atoms with Gasteiger partial charge < -0.3 is 14.5 Å². The number of methoxy groups -OCH3 is 2. The van der Waals surface area contributed by atoms with Gasteiger partial charge in [-0.1, -0.05) is 30.3 Å². The molecule has 7 heteroatoms. The van der Waals surface area contributed by atoms with Crippen molar-refractivity contribution in [1.29, 1.82) is 0 Å². The summed E-state index contributed by atoms with van der Waals surface area (Å²) in [6.45, 7) is 2.74. The molecular weight excluding hydrogens is 452 g/mol. The van der Waals surface area contributed by atoms with Crippen LogP contribution in [0, 0.1) is 5.92 Å². The predicted molar refractivity (Wildman–Crippen MR) is 143 cm³/mol. The van der Waals surface area contributed by atoms with Gasteiger partial charge in [0.25, 0.3) is 0 Å². The van der Waals surface area contributed by atoms with E-state index in [0.717, 1.165) is 30.7 Å². The summed E-state index contributed by atoms with van der Waals surface area (Å²) < 4.78 is 10.6. The Morgan fingerprint density at radius 2 is 1.97 bits per heavy atom. The van der Waals surface area contributed by atoms with Crippen molar-refractivity contribution in [2.24, 2.45) is 5.92 Å². The summed E-state index contributed by atoms with van der Waals surface area (Å²) in [7, 11) is 7.42. The maximum atomic E-state index is 13.9. The first kappa shape index (κ1) is 24.6. The van der Waals surface area contributed by atoms with Gasteiger partial charge in [0.2, 0.25) is 5.91 Å². The molecule has 2 atom stereocenters. The Labute approximate surface area is 213 Å². The number of nitrogens with zero attached hydrogens (tertiary/aromatic N) is 3. The van der Waals surface area contributed by atoms with Crippen molar-refractivity contribution in [3.05, 3.63) is 71.4 Å². The maximum absolute atomic E-state index is 13.9. The molecule has 0 saturated carbocycles. The molecule has 36 heavy (non-hydrogen) atoms. The lowest BCUT2D eigenvalue weighted by molar-refractivity contribution is -0.151. The minimum Gasteiger partial charge on any atom is -0.497 e. The molecule has 1 aliphatic carbocycles. The number of nitrogens with one attached hydrogen (secondary N) is 1. The summed E-state index contributed by atoms with van der Waals surface area (Å²) in [5.41, 5.74) is 6.18. The van der Waals surface area contributed by atoms with Crippen molar-refractivity contribution in [3.63, 3.8) is 0 Å². The van der Waals surface area contributed by atoms with Crippen molar-refractivity contribution >= 4 is 22.4 Å². The van der Waals surface area contributed by atoms with Gasteiger partial charge in [-0.05, 0) is 60.4 Å². The van der Waals surface area contributed by atoms with Crippen molar-refractivity contribution in [1.82, 2.24) is 19.9 Å². The lowest BCUT2D eigenvalue weighted by atomic mass is 9.80. The monoisotopic (exact) mass is 488 g/mol. The third-order valence-corrected chi connectivity index (χ3v) is 7.62. The SMILES string of the molecule is COCCCN(Cc1ccc(OC)cc1)N(C)C(=O)[C@H]1C=C2c3cccc4[nH]cc(c34)C[C@@H]2N(C)C1. The van der Waals surface area contributed by atoms with Gasteiger partial charge in [-0.2, -0.15) is 0 Å². The molecule has 7 nitrogen and oxygen atoms in total. The molecule has 1 N–H and O–H groups in total. The van der Waals surface area contributed by atoms with E-state index in [1.165, 1.54) is 27.6 Å². The van der Waals surface area contributed by atoms with E-state index in [9.17, 15) is 4.79 Å². The van der Waals surface area contributed by atoms with Gasteiger partial charge in [0.1, 0.15) is 5.75 Å². The number of carbonyl (C=O) groups is 1. The molecule has 5 rings (SSSR count). The average Bonchev–Trinajstić information content (AvgIpc) is 3.32. The summed E-state index contributed by atoms with van der Waals surface area (Å²) in [5.74, 6) is 0.738. The third-order valence-electron chi connectivity index (χ3n) is 7.62. The topological polar surface area (TPSA) is 61.0 Å². The fourth-order valence-corrected chi connectivity index (χ4v) is 5.65. The molecule has 1 aromatic heterocycles. The van der Waals surface area contributed by atoms with Gasteiger partial charge in [-0.25, -0.2) is 5.01 Å². The van der Waals surface area contributed by atoms with Crippen LogP contribution in [0.2, 0.25) is 0 Å². The highest BCUT2D eigenvalue weighted by molar-refractivity contribution is 5.99. The van der Waals surface area contributed by atoms with Gasteiger partial charge in [0, 0.05) is 63.5 Å². The van der Waals surface area contributed by atoms with E-state index in [1.807, 2.05) is 24.2 Å². The van der Waals surface area contributed by atoms with Crippen LogP contribution in [0.3, 0.4) is 0 Å². The zero-order valence-electron chi connectivity index (χ0n) is 21.7. The first-order valence-corrected chi connectivity index (χ1v) is 12.7. The summed E-state index contributed by atoms with van der Waals surface area (Å²) in [5, 5.41) is 5.25. The molecule has 0 radical (unpaired) electrons. The Morgan fingerprint density at radius 3 is 2.72 bits per heavy atom. The maximum Gasteiger partial charge on any atom is 0.244 e. The highest BCUT2D eigenvalue weighted by atomic mass is 16.5. The van der Waals surface area contributed by atoms with E-state index >= 15 is 0 Å². The van der Waals surface area contributed by atoms with Crippen LogP contribution < -0.4 is 4.74 Å². The molecule has 2 heterocycles. The fourth-order valence-electron chi connectivity index (χ4n) is 5.65. The molecule has 0 fully saturated rings. The van der Waals surface area contributed by atoms with E-state index in [-0.39, 0.29) is 11.8 Å². The molecule has 0 unspecified atom stereocenters. The summed E-state index contributed by atoms with van der Waals surface area (Å²) in [4.78, 5) is 19.6. The van der Waals surface area contributed by atoms with E-state index in [0.29, 0.717) is 25.7 Å². The second-order valence-corrected chi connectivity index (χ2v) is 9.87. The van der Waals surface area contributed by atoms with Crippen LogP contribution in [0.1, 0.15) is 23.1 Å². The molecule has 0 saturated heterocycles. The van der Waals surface area contributed by atoms with Crippen LogP contribution >= 0.6 is 0 Å². The molecule has 1 aliphatic heterocycles. The number of hydrogen-bond acceptors (Lipinski definition) is 5. The Morgan fingerprint density at radius 1 is 1.17 bits per heavy atom. The number of carbonyl (C=O) groups excluding carboxylic acids is 1. The Hall–Kier alpha value is -3.13. The number of fused-ring (bicyclic) bond motifs is 2. The lowest BCUT2D eigenvalue weighted by Crippen LogP contribution is -2.51. The Balaban J connectivity index is 1.40. The standard InChI is InChI=1S/C29H36N4O3/c1-31-19-22(15-25-24-7-5-8-26-28(24)21(17-30-26)16-27(25)31)29(34)32(2)33(13-6-14-35-3)18-20-9-11-23(36-4)12-10-20/h5,7-12,15,17,22,27,30H,6,13-14,16,18-19H2,1-4H3/t22-,27-/m0/s1. The largest absolute Gasteiger partial charge is 0.497 e. The van der Waals surface area contributed by atoms with E-state index in [2.05, 4.69) is 64.5 Å². The minimum absolute atomic E-state index is 0.116. The number of aromatic amines is 1. The average molecular weight is 489 g/mol. The molecule has 3 aromatic rings. The predicted octanol–water partition coefficient (Wildman–Crippen LogP) is 3.96. The molecule has 0 spiro atoms. The fraction of sp³-hybridized carbons (Fsp3) is 0.414. The molecule has 1 amide bonds. The summed E-state index contributed by atoms with van der Waals surface area (Å²) >= 11 is 0. The minimum atomic E-state index is -0.206. The third kappa shape index (κ3) is 4.66. The summed E-state index contributed by atoms with van der Waals surface area (Å²) in [6, 6.07) is 14.8. The van der Waals surface area contributed by atoms with Crippen molar-refractivity contribution in [3.8, 4) is 5.75 Å². The van der Waals surface area contributed by atoms with Crippen LogP contribution in [-0.4, -0.2) is 79.9 Å². The highest BCUT2D eigenvalue weighted by Crippen LogP contribution is 2.41. The van der Waals surface area contributed by atoms with Gasteiger partial charge in [-0.15, -0.1) is 0 Å². The molecule has 0 bridgehead atoms. The number of benzene rings is 2. The van der Waals surface area contributed by atoms with Crippen LogP contribution in [0.15, 0.2) is 54.7 Å². The van der Waals surface area contributed by atoms with E-state index < -0.39 is 0 Å². The highest BCUT2D eigenvalue weighted by Gasteiger charge is 2.37. The first-order chi connectivity index (χ1) is 17.5. The zero-order chi connectivity index (χ0) is 25.2.